The number of aryl methyl sites for hydroxylation is 2. The highest BCUT2D eigenvalue weighted by atomic mass is 32.2. The average molecular weight is 417 g/mol. The molecule has 0 spiro atoms. The van der Waals surface area contributed by atoms with Gasteiger partial charge < -0.3 is 9.73 Å². The molecular weight excluding hydrogens is 392 g/mol. The summed E-state index contributed by atoms with van der Waals surface area (Å²) in [6, 6.07) is 10.9. The van der Waals surface area contributed by atoms with Crippen molar-refractivity contribution in [1.82, 2.24) is 14.1 Å². The summed E-state index contributed by atoms with van der Waals surface area (Å²) in [5.41, 5.74) is 2.47. The number of furan rings is 1. The normalized spacial score (nSPS) is 11.8. The van der Waals surface area contributed by atoms with Crippen molar-refractivity contribution in [2.24, 2.45) is 0 Å². The standard InChI is InChI=1S/C20H24N4O4S/c1-14-7-5-8-17(11-14)21-19(25)13-24-16(3)20(15(2)22-24)29(26,27)23(4)12-18-9-6-10-28-18/h5-11H,12-13H2,1-4H3,(H,21,25). The van der Waals surface area contributed by atoms with Crippen molar-refractivity contribution < 1.29 is 17.6 Å². The summed E-state index contributed by atoms with van der Waals surface area (Å²) in [6.45, 7) is 5.22. The maximum atomic E-state index is 13.1. The van der Waals surface area contributed by atoms with Gasteiger partial charge in [-0.1, -0.05) is 12.1 Å². The van der Waals surface area contributed by atoms with Crippen molar-refractivity contribution in [2.45, 2.75) is 38.8 Å². The van der Waals surface area contributed by atoms with Gasteiger partial charge in [-0.25, -0.2) is 8.42 Å². The predicted octanol–water partition coefficient (Wildman–Crippen LogP) is 2.86. The van der Waals surface area contributed by atoms with E-state index in [4.69, 9.17) is 4.42 Å². The molecule has 0 unspecified atom stereocenters. The Labute approximate surface area is 170 Å². The zero-order valence-electron chi connectivity index (χ0n) is 16.8. The average Bonchev–Trinajstić information content (AvgIpc) is 3.23. The number of nitrogens with one attached hydrogen (secondary N) is 1. The fourth-order valence-corrected chi connectivity index (χ4v) is 4.63. The molecule has 29 heavy (non-hydrogen) atoms. The molecule has 0 aliphatic heterocycles. The third-order valence-corrected chi connectivity index (χ3v) is 6.59. The Morgan fingerprint density at radius 3 is 2.62 bits per heavy atom. The first-order valence-corrected chi connectivity index (χ1v) is 10.5. The van der Waals surface area contributed by atoms with Crippen LogP contribution in [0, 0.1) is 20.8 Å². The van der Waals surface area contributed by atoms with Gasteiger partial charge in [0.1, 0.15) is 17.2 Å². The summed E-state index contributed by atoms with van der Waals surface area (Å²) in [5, 5.41) is 7.09. The zero-order valence-corrected chi connectivity index (χ0v) is 17.7. The van der Waals surface area contributed by atoms with Gasteiger partial charge in [-0.15, -0.1) is 0 Å². The highest BCUT2D eigenvalue weighted by Gasteiger charge is 2.29. The molecule has 3 rings (SSSR count). The number of carbonyl (C=O) groups excluding carboxylic acids is 1. The number of hydrogen-bond acceptors (Lipinski definition) is 5. The van der Waals surface area contributed by atoms with Gasteiger partial charge in [0.15, 0.2) is 0 Å². The molecule has 0 aliphatic carbocycles. The molecule has 2 aromatic heterocycles. The van der Waals surface area contributed by atoms with Crippen molar-refractivity contribution in [2.75, 3.05) is 12.4 Å². The second-order valence-corrected chi connectivity index (χ2v) is 8.90. The number of benzene rings is 1. The predicted molar refractivity (Wildman–Crippen MR) is 109 cm³/mol. The third kappa shape index (κ3) is 4.57. The molecule has 1 amide bonds. The lowest BCUT2D eigenvalue weighted by Gasteiger charge is -2.16. The number of anilines is 1. The molecule has 0 aliphatic rings. The summed E-state index contributed by atoms with van der Waals surface area (Å²) in [5.74, 6) is 0.255. The van der Waals surface area contributed by atoms with Crippen LogP contribution in [0.2, 0.25) is 0 Å². The fourth-order valence-electron chi connectivity index (χ4n) is 3.13. The molecule has 1 aromatic carbocycles. The quantitative estimate of drug-likeness (QED) is 0.639. The van der Waals surface area contributed by atoms with E-state index >= 15 is 0 Å². The van der Waals surface area contributed by atoms with E-state index in [0.717, 1.165) is 5.56 Å². The molecule has 0 saturated carbocycles. The van der Waals surface area contributed by atoms with Crippen LogP contribution >= 0.6 is 0 Å². The summed E-state index contributed by atoms with van der Waals surface area (Å²) < 4.78 is 34.0. The van der Waals surface area contributed by atoms with E-state index in [0.29, 0.717) is 22.8 Å². The van der Waals surface area contributed by atoms with Gasteiger partial charge in [0.25, 0.3) is 0 Å². The van der Waals surface area contributed by atoms with Crippen LogP contribution in [0.4, 0.5) is 5.69 Å². The SMILES string of the molecule is Cc1cccc(NC(=O)Cn2nc(C)c(S(=O)(=O)N(C)Cc3ccco3)c2C)c1. The lowest BCUT2D eigenvalue weighted by Crippen LogP contribution is -2.27. The second-order valence-electron chi connectivity index (χ2n) is 6.92. The fraction of sp³-hybridized carbons (Fsp3) is 0.300. The Hall–Kier alpha value is -2.91. The molecule has 0 atom stereocenters. The molecule has 0 saturated heterocycles. The molecule has 8 nitrogen and oxygen atoms in total. The number of rotatable bonds is 7. The summed E-state index contributed by atoms with van der Waals surface area (Å²) in [4.78, 5) is 12.5. The zero-order chi connectivity index (χ0) is 21.2. The Morgan fingerprint density at radius 2 is 1.97 bits per heavy atom. The number of aromatic nitrogens is 2. The third-order valence-electron chi connectivity index (χ3n) is 4.54. The van der Waals surface area contributed by atoms with Crippen molar-refractivity contribution in [3.05, 3.63) is 65.4 Å². The van der Waals surface area contributed by atoms with Gasteiger partial charge in [0.2, 0.25) is 15.9 Å². The summed E-state index contributed by atoms with van der Waals surface area (Å²) in [7, 11) is -2.31. The van der Waals surface area contributed by atoms with Gasteiger partial charge in [0, 0.05) is 12.7 Å². The Morgan fingerprint density at radius 1 is 1.21 bits per heavy atom. The highest BCUT2D eigenvalue weighted by molar-refractivity contribution is 7.89. The lowest BCUT2D eigenvalue weighted by atomic mass is 10.2. The van der Waals surface area contributed by atoms with E-state index in [1.54, 1.807) is 32.0 Å². The smallest absolute Gasteiger partial charge is 0.246 e. The molecule has 0 bridgehead atoms. The molecule has 2 heterocycles. The minimum absolute atomic E-state index is 0.0853. The van der Waals surface area contributed by atoms with Crippen LogP contribution in [0.1, 0.15) is 22.7 Å². The molecule has 154 valence electrons. The first kappa shape index (κ1) is 20.8. The van der Waals surface area contributed by atoms with E-state index in [9.17, 15) is 13.2 Å². The van der Waals surface area contributed by atoms with Crippen LogP contribution in [0.25, 0.3) is 0 Å². The number of nitrogens with zero attached hydrogens (tertiary/aromatic N) is 3. The Kier molecular flexibility index (Phi) is 5.90. The van der Waals surface area contributed by atoms with Crippen molar-refractivity contribution in [1.29, 1.82) is 0 Å². The molecule has 0 radical (unpaired) electrons. The van der Waals surface area contributed by atoms with E-state index < -0.39 is 10.0 Å². The van der Waals surface area contributed by atoms with Crippen LogP contribution in [0.3, 0.4) is 0 Å². The highest BCUT2D eigenvalue weighted by Crippen LogP contribution is 2.24. The van der Waals surface area contributed by atoms with Gasteiger partial charge in [-0.2, -0.15) is 9.40 Å². The van der Waals surface area contributed by atoms with Crippen molar-refractivity contribution in [3.63, 3.8) is 0 Å². The van der Waals surface area contributed by atoms with Crippen LogP contribution in [0.5, 0.6) is 0 Å². The van der Waals surface area contributed by atoms with Gasteiger partial charge in [-0.3, -0.25) is 9.48 Å². The molecule has 1 N–H and O–H groups in total. The van der Waals surface area contributed by atoms with Crippen LogP contribution < -0.4 is 5.32 Å². The minimum Gasteiger partial charge on any atom is -0.468 e. The van der Waals surface area contributed by atoms with Crippen LogP contribution in [-0.2, 0) is 27.9 Å². The minimum atomic E-state index is -3.80. The second kappa shape index (κ2) is 8.22. The molecule has 3 aromatic rings. The van der Waals surface area contributed by atoms with Crippen LogP contribution in [0.15, 0.2) is 52.0 Å². The number of hydrogen-bond donors (Lipinski definition) is 1. The Balaban J connectivity index is 1.79. The summed E-state index contributed by atoms with van der Waals surface area (Å²) >= 11 is 0. The monoisotopic (exact) mass is 416 g/mol. The van der Waals surface area contributed by atoms with Gasteiger partial charge >= 0.3 is 0 Å². The van der Waals surface area contributed by atoms with Crippen molar-refractivity contribution >= 4 is 21.6 Å². The summed E-state index contributed by atoms with van der Waals surface area (Å²) in [6.07, 6.45) is 1.50. The van der Waals surface area contributed by atoms with Crippen LogP contribution in [-0.4, -0.2) is 35.5 Å². The molecule has 9 heteroatoms. The number of carbonyl (C=O) groups is 1. The number of amides is 1. The Bertz CT molecular complexity index is 1120. The lowest BCUT2D eigenvalue weighted by molar-refractivity contribution is -0.116. The molecular formula is C20H24N4O4S. The van der Waals surface area contributed by atoms with Crippen molar-refractivity contribution in [3.8, 4) is 0 Å². The maximum absolute atomic E-state index is 13.1. The largest absolute Gasteiger partial charge is 0.468 e. The first-order chi connectivity index (χ1) is 13.7. The van der Waals surface area contributed by atoms with E-state index in [1.165, 1.54) is 22.3 Å². The van der Waals surface area contributed by atoms with E-state index in [-0.39, 0.29) is 23.9 Å². The van der Waals surface area contributed by atoms with E-state index in [1.807, 2.05) is 25.1 Å². The van der Waals surface area contributed by atoms with E-state index in [2.05, 4.69) is 10.4 Å². The van der Waals surface area contributed by atoms with Gasteiger partial charge in [0.05, 0.1) is 24.2 Å². The molecule has 0 fully saturated rings. The number of sulfonamides is 1. The maximum Gasteiger partial charge on any atom is 0.246 e. The topological polar surface area (TPSA) is 97.4 Å². The first-order valence-electron chi connectivity index (χ1n) is 9.07. The van der Waals surface area contributed by atoms with Gasteiger partial charge in [-0.05, 0) is 50.6 Å².